The number of carbonyl (C=O) groups excluding carboxylic acids is 2. The number of methoxy groups -OCH3 is 1. The molecule has 1 aliphatic heterocycles. The molecule has 0 saturated heterocycles. The molecule has 0 aromatic heterocycles. The van der Waals surface area contributed by atoms with Crippen LogP contribution in [0.4, 0.5) is 5.69 Å². The Balaban J connectivity index is 1.97. The molecule has 0 saturated carbocycles. The zero-order chi connectivity index (χ0) is 25.7. The van der Waals surface area contributed by atoms with Gasteiger partial charge in [0.25, 0.3) is 5.91 Å². The van der Waals surface area contributed by atoms with Crippen molar-refractivity contribution in [2.45, 2.75) is 39.8 Å². The lowest BCUT2D eigenvalue weighted by Crippen LogP contribution is -2.45. The molecular formula is C25H28ClN3O5S. The minimum atomic E-state index is -0.867. The average molecular weight is 518 g/mol. The van der Waals surface area contributed by atoms with E-state index < -0.39 is 18.1 Å². The molecule has 186 valence electrons. The molecule has 3 rings (SSSR count). The maximum Gasteiger partial charge on any atom is 0.347 e. The van der Waals surface area contributed by atoms with Gasteiger partial charge in [-0.1, -0.05) is 23.7 Å². The first-order chi connectivity index (χ1) is 16.6. The number of rotatable bonds is 8. The summed E-state index contributed by atoms with van der Waals surface area (Å²) in [5.41, 5.74) is 3.25. The van der Waals surface area contributed by atoms with E-state index in [9.17, 15) is 9.59 Å². The van der Waals surface area contributed by atoms with Crippen LogP contribution in [-0.2, 0) is 14.3 Å². The van der Waals surface area contributed by atoms with Crippen molar-refractivity contribution < 1.29 is 23.8 Å². The summed E-state index contributed by atoms with van der Waals surface area (Å²) in [7, 11) is 1.47. The van der Waals surface area contributed by atoms with Gasteiger partial charge < -0.3 is 30.2 Å². The molecule has 2 aromatic carbocycles. The smallest absolute Gasteiger partial charge is 0.347 e. The fourth-order valence-electron chi connectivity index (χ4n) is 3.67. The number of amides is 1. The van der Waals surface area contributed by atoms with Gasteiger partial charge in [-0.05, 0) is 63.7 Å². The number of hydrogen-bond donors (Lipinski definition) is 3. The molecule has 8 nitrogen and oxygen atoms in total. The van der Waals surface area contributed by atoms with Gasteiger partial charge in [0, 0.05) is 23.0 Å². The third-order valence-corrected chi connectivity index (χ3v) is 5.85. The first-order valence-electron chi connectivity index (χ1n) is 11.0. The summed E-state index contributed by atoms with van der Waals surface area (Å²) in [4.78, 5) is 25.4. The number of nitrogens with one attached hydrogen (secondary N) is 3. The summed E-state index contributed by atoms with van der Waals surface area (Å²) >= 11 is 12.0. The molecular weight excluding hydrogens is 490 g/mol. The van der Waals surface area contributed by atoms with Gasteiger partial charge in [-0.15, -0.1) is 0 Å². The molecule has 0 radical (unpaired) electrons. The van der Waals surface area contributed by atoms with Crippen LogP contribution in [0, 0.1) is 6.92 Å². The Morgan fingerprint density at radius 2 is 1.94 bits per heavy atom. The number of esters is 1. The van der Waals surface area contributed by atoms with Crippen LogP contribution in [0.15, 0.2) is 47.7 Å². The van der Waals surface area contributed by atoms with Crippen molar-refractivity contribution in [3.05, 3.63) is 63.8 Å². The summed E-state index contributed by atoms with van der Waals surface area (Å²) in [6, 6.07) is 10.1. The lowest BCUT2D eigenvalue weighted by atomic mass is 9.94. The Hall–Kier alpha value is -3.30. The lowest BCUT2D eigenvalue weighted by molar-refractivity contribution is -0.150. The van der Waals surface area contributed by atoms with Gasteiger partial charge in [-0.3, -0.25) is 4.79 Å². The second kappa shape index (κ2) is 11.4. The van der Waals surface area contributed by atoms with Crippen LogP contribution >= 0.6 is 23.8 Å². The quantitative estimate of drug-likeness (QED) is 0.350. The van der Waals surface area contributed by atoms with E-state index in [0.29, 0.717) is 38.4 Å². The third kappa shape index (κ3) is 6.23. The highest BCUT2D eigenvalue weighted by Crippen LogP contribution is 2.40. The van der Waals surface area contributed by atoms with E-state index in [2.05, 4.69) is 16.0 Å². The summed E-state index contributed by atoms with van der Waals surface area (Å²) in [5.74, 6) is -0.214. The van der Waals surface area contributed by atoms with Gasteiger partial charge in [-0.25, -0.2) is 4.79 Å². The number of anilines is 1. The molecule has 0 fully saturated rings. The molecule has 1 heterocycles. The van der Waals surface area contributed by atoms with Crippen molar-refractivity contribution in [3.8, 4) is 11.5 Å². The topological polar surface area (TPSA) is 97.9 Å². The first-order valence-corrected chi connectivity index (χ1v) is 11.8. The van der Waals surface area contributed by atoms with Crippen LogP contribution in [0.5, 0.6) is 11.5 Å². The standard InChI is InChI=1S/C25H28ClN3O5S/c1-6-33-24(31)15(4)34-20-12-18(26)17(11-19(20)32-5)22-21(14(3)27-25(35)29-22)23(30)28-16-9-7-8-13(2)10-16/h7-12,15,22H,6H2,1-5H3,(H,28,30)(H2,27,29,35)/t15-,22+/m1/s1. The van der Waals surface area contributed by atoms with Crippen molar-refractivity contribution in [3.63, 3.8) is 0 Å². The van der Waals surface area contributed by atoms with Crippen LogP contribution < -0.4 is 25.4 Å². The Morgan fingerprint density at radius 1 is 1.20 bits per heavy atom. The summed E-state index contributed by atoms with van der Waals surface area (Å²) in [6.07, 6.45) is -0.867. The Bertz CT molecular complexity index is 1180. The number of aryl methyl sites for hydroxylation is 1. The fourth-order valence-corrected chi connectivity index (χ4v) is 4.20. The van der Waals surface area contributed by atoms with Crippen molar-refractivity contribution >= 4 is 46.5 Å². The molecule has 0 spiro atoms. The van der Waals surface area contributed by atoms with Crippen LogP contribution in [0.2, 0.25) is 5.02 Å². The summed E-state index contributed by atoms with van der Waals surface area (Å²) < 4.78 is 16.2. The van der Waals surface area contributed by atoms with Crippen molar-refractivity contribution in [2.24, 2.45) is 0 Å². The second-order valence-corrected chi connectivity index (χ2v) is 8.75. The number of hydrogen-bond acceptors (Lipinski definition) is 6. The number of benzene rings is 2. The average Bonchev–Trinajstić information content (AvgIpc) is 2.78. The molecule has 10 heteroatoms. The summed E-state index contributed by atoms with van der Waals surface area (Å²) in [5, 5.41) is 9.72. The van der Waals surface area contributed by atoms with Crippen LogP contribution in [0.1, 0.15) is 37.9 Å². The monoisotopic (exact) mass is 517 g/mol. The molecule has 3 N–H and O–H groups in total. The maximum atomic E-state index is 13.4. The normalized spacial score (nSPS) is 16.1. The van der Waals surface area contributed by atoms with E-state index in [1.165, 1.54) is 7.11 Å². The summed E-state index contributed by atoms with van der Waals surface area (Å²) in [6.45, 7) is 7.25. The minimum absolute atomic E-state index is 0.240. The van der Waals surface area contributed by atoms with Gasteiger partial charge in [0.2, 0.25) is 0 Å². The third-order valence-electron chi connectivity index (χ3n) is 5.31. The highest BCUT2D eigenvalue weighted by molar-refractivity contribution is 7.80. The Labute approximate surface area is 215 Å². The van der Waals surface area contributed by atoms with E-state index in [1.807, 2.05) is 31.2 Å². The van der Waals surface area contributed by atoms with E-state index in [0.717, 1.165) is 5.56 Å². The van der Waals surface area contributed by atoms with Gasteiger partial charge in [-0.2, -0.15) is 0 Å². The van der Waals surface area contributed by atoms with Crippen molar-refractivity contribution in [1.82, 2.24) is 10.6 Å². The highest BCUT2D eigenvalue weighted by Gasteiger charge is 2.32. The molecule has 2 aromatic rings. The van der Waals surface area contributed by atoms with Gasteiger partial charge in [0.15, 0.2) is 22.7 Å². The van der Waals surface area contributed by atoms with Crippen molar-refractivity contribution in [2.75, 3.05) is 19.0 Å². The predicted octanol–water partition coefficient (Wildman–Crippen LogP) is 4.42. The van der Waals surface area contributed by atoms with Crippen LogP contribution in [0.25, 0.3) is 0 Å². The van der Waals surface area contributed by atoms with Gasteiger partial charge in [0.1, 0.15) is 0 Å². The second-order valence-electron chi connectivity index (χ2n) is 7.93. The van der Waals surface area contributed by atoms with E-state index >= 15 is 0 Å². The SMILES string of the molecule is CCOC(=O)[C@@H](C)Oc1cc(Cl)c([C@@H]2NC(=S)NC(C)=C2C(=O)Nc2cccc(C)c2)cc1OC. The van der Waals surface area contributed by atoms with Gasteiger partial charge in [0.05, 0.1) is 30.4 Å². The van der Waals surface area contributed by atoms with Gasteiger partial charge >= 0.3 is 5.97 Å². The zero-order valence-corrected chi connectivity index (χ0v) is 21.7. The molecule has 0 aliphatic carbocycles. The fraction of sp³-hybridized carbons (Fsp3) is 0.320. The number of thiocarbonyl (C=S) groups is 1. The largest absolute Gasteiger partial charge is 0.493 e. The van der Waals surface area contributed by atoms with Crippen LogP contribution in [0.3, 0.4) is 0 Å². The molecule has 1 aliphatic rings. The molecule has 35 heavy (non-hydrogen) atoms. The van der Waals surface area contributed by atoms with E-state index in [1.54, 1.807) is 32.9 Å². The Kier molecular flexibility index (Phi) is 8.58. The number of ether oxygens (including phenoxy) is 3. The first kappa shape index (κ1) is 26.3. The molecule has 0 bridgehead atoms. The highest BCUT2D eigenvalue weighted by atomic mass is 35.5. The lowest BCUT2D eigenvalue weighted by Gasteiger charge is -2.31. The molecule has 1 amide bonds. The van der Waals surface area contributed by atoms with E-state index in [4.69, 9.17) is 38.0 Å². The minimum Gasteiger partial charge on any atom is -0.493 e. The van der Waals surface area contributed by atoms with Crippen LogP contribution in [-0.4, -0.2) is 36.8 Å². The zero-order valence-electron chi connectivity index (χ0n) is 20.2. The van der Waals surface area contributed by atoms with Crippen molar-refractivity contribution in [1.29, 1.82) is 0 Å². The number of carbonyl (C=O) groups is 2. The predicted molar refractivity (Wildman–Crippen MR) is 139 cm³/mol. The molecule has 0 unspecified atom stereocenters. The number of halogens is 1. The Morgan fingerprint density at radius 3 is 2.60 bits per heavy atom. The maximum absolute atomic E-state index is 13.4. The number of allylic oxidation sites excluding steroid dienone is 1. The molecule has 2 atom stereocenters. The van der Waals surface area contributed by atoms with E-state index in [-0.39, 0.29) is 18.3 Å².